The number of hydrogen-bond acceptors (Lipinski definition) is 4. The molecule has 0 aliphatic carbocycles. The first-order valence-electron chi connectivity index (χ1n) is 3.79. The lowest BCUT2D eigenvalue weighted by molar-refractivity contribution is 0.557. The van der Waals surface area contributed by atoms with Crippen molar-refractivity contribution in [2.24, 2.45) is 0 Å². The Morgan fingerprint density at radius 2 is 2.38 bits per heavy atom. The minimum absolute atomic E-state index is 0.556. The number of rotatable bonds is 0. The van der Waals surface area contributed by atoms with Crippen molar-refractivity contribution in [1.29, 1.82) is 0 Å². The van der Waals surface area contributed by atoms with Crippen LogP contribution in [0.4, 0.5) is 0 Å². The standard InChI is InChI=1S/C7H4BN4O/c1-2-12-5-3-9-4-11-6(5)13-8-7(12)10-1/h1-4H. The third kappa shape index (κ3) is 0.852. The SMILES string of the molecule is [B]1Oc2ncncc2-n2ccnc21. The molecule has 0 atom stereocenters. The highest BCUT2D eigenvalue weighted by atomic mass is 16.4. The Kier molecular flexibility index (Phi) is 1.19. The van der Waals surface area contributed by atoms with Crippen LogP contribution in [0.1, 0.15) is 0 Å². The molecule has 2 aromatic heterocycles. The molecular weight excluding hydrogens is 167 g/mol. The second-order valence-corrected chi connectivity index (χ2v) is 2.60. The Hall–Kier alpha value is -1.85. The summed E-state index contributed by atoms with van der Waals surface area (Å²) in [7, 11) is 1.56. The summed E-state index contributed by atoms with van der Waals surface area (Å²) in [5.74, 6) is 0.556. The monoisotopic (exact) mass is 171 g/mol. The van der Waals surface area contributed by atoms with Crippen LogP contribution in [-0.2, 0) is 0 Å². The lowest BCUT2D eigenvalue weighted by Gasteiger charge is -2.15. The molecule has 1 radical (unpaired) electrons. The van der Waals surface area contributed by atoms with Crippen LogP contribution in [0.5, 0.6) is 5.88 Å². The third-order valence-electron chi connectivity index (χ3n) is 1.86. The zero-order valence-electron chi connectivity index (χ0n) is 6.58. The van der Waals surface area contributed by atoms with Crippen molar-refractivity contribution in [3.8, 4) is 11.6 Å². The maximum Gasteiger partial charge on any atom is 0.451 e. The molecule has 6 heteroatoms. The lowest BCUT2D eigenvalue weighted by Crippen LogP contribution is -2.34. The second-order valence-electron chi connectivity index (χ2n) is 2.60. The van der Waals surface area contributed by atoms with Gasteiger partial charge in [0.05, 0.1) is 6.20 Å². The molecule has 3 heterocycles. The zero-order valence-corrected chi connectivity index (χ0v) is 6.58. The van der Waals surface area contributed by atoms with E-state index in [2.05, 4.69) is 15.0 Å². The maximum atomic E-state index is 5.25. The number of hydrogen-bond donors (Lipinski definition) is 0. The summed E-state index contributed by atoms with van der Waals surface area (Å²) in [6.07, 6.45) is 6.70. The summed E-state index contributed by atoms with van der Waals surface area (Å²) >= 11 is 0. The Morgan fingerprint density at radius 3 is 3.38 bits per heavy atom. The molecule has 0 N–H and O–H groups in total. The number of imidazole rings is 1. The van der Waals surface area contributed by atoms with Crippen molar-refractivity contribution in [3.63, 3.8) is 0 Å². The van der Waals surface area contributed by atoms with Gasteiger partial charge < -0.3 is 9.22 Å². The Morgan fingerprint density at radius 1 is 1.38 bits per heavy atom. The Balaban J connectivity index is 2.30. The summed E-state index contributed by atoms with van der Waals surface area (Å²) in [5, 5.41) is 0. The van der Waals surface area contributed by atoms with Crippen LogP contribution in [0.15, 0.2) is 24.9 Å². The fourth-order valence-electron chi connectivity index (χ4n) is 1.28. The van der Waals surface area contributed by atoms with E-state index in [0.29, 0.717) is 5.88 Å². The van der Waals surface area contributed by atoms with Crippen molar-refractivity contribution >= 4 is 13.2 Å². The van der Waals surface area contributed by atoms with Gasteiger partial charge in [0.2, 0.25) is 5.88 Å². The highest BCUT2D eigenvalue weighted by Gasteiger charge is 2.19. The molecule has 0 bridgehead atoms. The minimum Gasteiger partial charge on any atom is -0.540 e. The molecular formula is C7H4BN4O. The topological polar surface area (TPSA) is 52.8 Å². The first-order chi connectivity index (χ1) is 6.45. The summed E-state index contributed by atoms with van der Waals surface area (Å²) < 4.78 is 7.12. The fraction of sp³-hybridized carbons (Fsp3) is 0. The Bertz CT molecular complexity index is 455. The molecule has 0 aromatic carbocycles. The van der Waals surface area contributed by atoms with Gasteiger partial charge in [-0.25, -0.2) is 15.0 Å². The van der Waals surface area contributed by atoms with Gasteiger partial charge in [-0.3, -0.25) is 0 Å². The average Bonchev–Trinajstić information content (AvgIpc) is 2.65. The smallest absolute Gasteiger partial charge is 0.451 e. The molecule has 0 amide bonds. The van der Waals surface area contributed by atoms with Crippen LogP contribution in [0.2, 0.25) is 0 Å². The van der Waals surface area contributed by atoms with Gasteiger partial charge in [0, 0.05) is 12.4 Å². The molecule has 0 saturated carbocycles. The number of nitrogens with zero attached hydrogens (tertiary/aromatic N) is 4. The number of fused-ring (bicyclic) bond motifs is 3. The molecule has 1 aliphatic heterocycles. The van der Waals surface area contributed by atoms with Crippen molar-refractivity contribution in [2.45, 2.75) is 0 Å². The molecule has 0 saturated heterocycles. The lowest BCUT2D eigenvalue weighted by atomic mass is 9.99. The van der Waals surface area contributed by atoms with E-state index in [9.17, 15) is 0 Å². The number of aromatic nitrogens is 4. The predicted molar refractivity (Wildman–Crippen MR) is 45.2 cm³/mol. The van der Waals surface area contributed by atoms with Crippen molar-refractivity contribution in [2.75, 3.05) is 0 Å². The normalized spacial score (nSPS) is 12.3. The van der Waals surface area contributed by atoms with Gasteiger partial charge in [-0.2, -0.15) is 0 Å². The highest BCUT2D eigenvalue weighted by molar-refractivity contribution is 6.46. The van der Waals surface area contributed by atoms with Gasteiger partial charge in [-0.05, 0) is 0 Å². The van der Waals surface area contributed by atoms with Crippen LogP contribution in [0.3, 0.4) is 0 Å². The maximum absolute atomic E-state index is 5.25. The van der Waals surface area contributed by atoms with Gasteiger partial charge >= 0.3 is 7.48 Å². The first-order valence-corrected chi connectivity index (χ1v) is 3.79. The quantitative estimate of drug-likeness (QED) is 0.491. The highest BCUT2D eigenvalue weighted by Crippen LogP contribution is 2.19. The van der Waals surface area contributed by atoms with E-state index in [0.717, 1.165) is 11.4 Å². The van der Waals surface area contributed by atoms with E-state index >= 15 is 0 Å². The van der Waals surface area contributed by atoms with Gasteiger partial charge in [-0.15, -0.1) is 0 Å². The molecule has 2 aromatic rings. The van der Waals surface area contributed by atoms with Gasteiger partial charge in [0.1, 0.15) is 17.7 Å². The molecule has 13 heavy (non-hydrogen) atoms. The van der Waals surface area contributed by atoms with Crippen LogP contribution < -0.4 is 10.4 Å². The predicted octanol–water partition coefficient (Wildman–Crippen LogP) is -0.701. The van der Waals surface area contributed by atoms with Crippen molar-refractivity contribution < 1.29 is 4.65 Å². The first kappa shape index (κ1) is 6.65. The largest absolute Gasteiger partial charge is 0.540 e. The molecule has 1 aliphatic rings. The summed E-state index contributed by atoms with van der Waals surface area (Å²) in [5.41, 5.74) is 1.57. The van der Waals surface area contributed by atoms with E-state index in [-0.39, 0.29) is 0 Å². The molecule has 61 valence electrons. The van der Waals surface area contributed by atoms with Crippen LogP contribution in [0, 0.1) is 0 Å². The second kappa shape index (κ2) is 2.32. The van der Waals surface area contributed by atoms with Crippen LogP contribution in [0.25, 0.3) is 5.69 Å². The molecule has 5 nitrogen and oxygen atoms in total. The van der Waals surface area contributed by atoms with E-state index < -0.39 is 0 Å². The third-order valence-corrected chi connectivity index (χ3v) is 1.86. The van der Waals surface area contributed by atoms with Gasteiger partial charge in [0.25, 0.3) is 0 Å². The summed E-state index contributed by atoms with van der Waals surface area (Å²) in [6, 6.07) is 0. The average molecular weight is 171 g/mol. The van der Waals surface area contributed by atoms with E-state index in [4.69, 9.17) is 4.65 Å². The van der Waals surface area contributed by atoms with Crippen LogP contribution in [-0.4, -0.2) is 27.0 Å². The van der Waals surface area contributed by atoms with Crippen molar-refractivity contribution in [3.05, 3.63) is 24.9 Å². The zero-order chi connectivity index (χ0) is 8.67. The van der Waals surface area contributed by atoms with E-state index in [1.165, 1.54) is 6.33 Å². The van der Waals surface area contributed by atoms with E-state index in [1.54, 1.807) is 19.9 Å². The van der Waals surface area contributed by atoms with Crippen LogP contribution >= 0.6 is 0 Å². The fourth-order valence-corrected chi connectivity index (χ4v) is 1.28. The Labute approximate surface area is 74.7 Å². The summed E-state index contributed by atoms with van der Waals surface area (Å²) in [4.78, 5) is 12.0. The summed E-state index contributed by atoms with van der Waals surface area (Å²) in [6.45, 7) is 0. The molecule has 3 rings (SSSR count). The minimum atomic E-state index is 0.556. The molecule has 0 unspecified atom stereocenters. The van der Waals surface area contributed by atoms with E-state index in [1.807, 2.05) is 10.8 Å². The van der Waals surface area contributed by atoms with Gasteiger partial charge in [0.15, 0.2) is 0 Å². The van der Waals surface area contributed by atoms with Crippen molar-refractivity contribution in [1.82, 2.24) is 19.5 Å². The van der Waals surface area contributed by atoms with Gasteiger partial charge in [-0.1, -0.05) is 0 Å². The molecule has 0 fully saturated rings. The molecule has 0 spiro atoms.